The van der Waals surface area contributed by atoms with Crippen molar-refractivity contribution in [1.82, 2.24) is 24.0 Å². The molecule has 8 heteroatoms. The van der Waals surface area contributed by atoms with E-state index in [4.69, 9.17) is 0 Å². The summed E-state index contributed by atoms with van der Waals surface area (Å²) in [4.78, 5) is 41.7. The van der Waals surface area contributed by atoms with Gasteiger partial charge in [0.2, 0.25) is 5.91 Å². The third-order valence-corrected chi connectivity index (χ3v) is 5.37. The molecule has 3 aromatic rings. The predicted molar refractivity (Wildman–Crippen MR) is 101 cm³/mol. The fraction of sp³-hybridized carbons (Fsp3) is 0.368. The summed E-state index contributed by atoms with van der Waals surface area (Å²) in [6.07, 6.45) is 3.51. The highest BCUT2D eigenvalue weighted by molar-refractivity contribution is 5.76. The van der Waals surface area contributed by atoms with Crippen molar-refractivity contribution in [2.75, 3.05) is 6.54 Å². The van der Waals surface area contributed by atoms with Crippen molar-refractivity contribution >= 4 is 17.1 Å². The topological polar surface area (TPSA) is 90.9 Å². The van der Waals surface area contributed by atoms with Crippen LogP contribution in [-0.2, 0) is 30.8 Å². The second-order valence-electron chi connectivity index (χ2n) is 7.18. The van der Waals surface area contributed by atoms with Gasteiger partial charge >= 0.3 is 5.69 Å². The van der Waals surface area contributed by atoms with Crippen LogP contribution in [0.2, 0.25) is 0 Å². The first-order valence-electron chi connectivity index (χ1n) is 8.86. The van der Waals surface area contributed by atoms with Crippen LogP contribution in [0.25, 0.3) is 11.2 Å². The molecule has 4 rings (SSSR count). The number of amides is 1. The van der Waals surface area contributed by atoms with Crippen molar-refractivity contribution < 1.29 is 4.79 Å². The second kappa shape index (κ2) is 6.22. The standard InChI is InChI=1S/C19H21N5O3/c1-22-12-21-16-15(22)17(26)24(18(27)23(16)2)10-14(25)20-11-19(8-9-19)13-6-4-3-5-7-13/h3-7,12H,8-11H2,1-2H3,(H,20,25). The number of imidazole rings is 1. The maximum Gasteiger partial charge on any atom is 0.332 e. The molecule has 2 heterocycles. The number of nitrogens with one attached hydrogen (secondary N) is 1. The fourth-order valence-corrected chi connectivity index (χ4v) is 3.51. The number of aryl methyl sites for hydroxylation is 2. The summed E-state index contributed by atoms with van der Waals surface area (Å²) in [6.45, 7) is 0.191. The predicted octanol–water partition coefficient (Wildman–Crippen LogP) is 0.282. The van der Waals surface area contributed by atoms with E-state index >= 15 is 0 Å². The van der Waals surface area contributed by atoms with E-state index in [2.05, 4.69) is 22.4 Å². The Hall–Kier alpha value is -3.16. The van der Waals surface area contributed by atoms with Crippen LogP contribution in [0.1, 0.15) is 18.4 Å². The Bertz CT molecular complexity index is 1140. The summed E-state index contributed by atoms with van der Waals surface area (Å²) in [5, 5.41) is 2.89. The molecule has 0 aliphatic heterocycles. The summed E-state index contributed by atoms with van der Waals surface area (Å²) in [5.74, 6) is -0.349. The molecule has 0 bridgehead atoms. The largest absolute Gasteiger partial charge is 0.354 e. The molecule has 1 N–H and O–H groups in total. The van der Waals surface area contributed by atoms with Crippen molar-refractivity contribution in [3.8, 4) is 0 Å². The lowest BCUT2D eigenvalue weighted by atomic mass is 9.96. The summed E-state index contributed by atoms with van der Waals surface area (Å²) in [6, 6.07) is 10.1. The van der Waals surface area contributed by atoms with Crippen molar-refractivity contribution in [3.05, 3.63) is 63.1 Å². The van der Waals surface area contributed by atoms with E-state index in [9.17, 15) is 14.4 Å². The van der Waals surface area contributed by atoms with E-state index in [1.54, 1.807) is 18.7 Å². The van der Waals surface area contributed by atoms with Crippen LogP contribution in [0.3, 0.4) is 0 Å². The van der Waals surface area contributed by atoms with Crippen LogP contribution in [0.15, 0.2) is 46.2 Å². The average Bonchev–Trinajstić information content (AvgIpc) is 3.38. The number of nitrogens with zero attached hydrogens (tertiary/aromatic N) is 4. The van der Waals surface area contributed by atoms with Crippen molar-refractivity contribution in [2.24, 2.45) is 14.1 Å². The van der Waals surface area contributed by atoms with Crippen molar-refractivity contribution in [3.63, 3.8) is 0 Å². The molecule has 1 aliphatic carbocycles. The van der Waals surface area contributed by atoms with Gasteiger partial charge in [-0.15, -0.1) is 0 Å². The van der Waals surface area contributed by atoms with Crippen molar-refractivity contribution in [2.45, 2.75) is 24.8 Å². The summed E-state index contributed by atoms with van der Waals surface area (Å²) >= 11 is 0. The molecule has 0 unspecified atom stereocenters. The van der Waals surface area contributed by atoms with E-state index in [-0.39, 0.29) is 17.9 Å². The maximum absolute atomic E-state index is 12.7. The lowest BCUT2D eigenvalue weighted by Crippen LogP contribution is -2.44. The number of fused-ring (bicyclic) bond motifs is 1. The SMILES string of the molecule is Cn1cnc2c1c(=O)n(CC(=O)NCC1(c3ccccc3)CC1)c(=O)n2C. The molecule has 0 radical (unpaired) electrons. The van der Waals surface area contributed by atoms with Gasteiger partial charge in [-0.25, -0.2) is 14.3 Å². The molecule has 27 heavy (non-hydrogen) atoms. The first-order chi connectivity index (χ1) is 12.9. The normalized spacial score (nSPS) is 15.0. The van der Waals surface area contributed by atoms with Crippen LogP contribution in [-0.4, -0.2) is 31.1 Å². The van der Waals surface area contributed by atoms with Gasteiger partial charge in [-0.3, -0.25) is 14.2 Å². The first-order valence-corrected chi connectivity index (χ1v) is 8.86. The van der Waals surface area contributed by atoms with E-state index < -0.39 is 11.2 Å². The van der Waals surface area contributed by atoms with E-state index in [0.29, 0.717) is 17.7 Å². The minimum absolute atomic E-state index is 0.0289. The molecule has 1 aliphatic rings. The third kappa shape index (κ3) is 2.87. The number of carbonyl (C=O) groups is 1. The third-order valence-electron chi connectivity index (χ3n) is 5.37. The van der Waals surface area contributed by atoms with Gasteiger partial charge in [0.25, 0.3) is 5.56 Å². The number of hydrogen-bond acceptors (Lipinski definition) is 4. The quantitative estimate of drug-likeness (QED) is 0.701. The van der Waals surface area contributed by atoms with Gasteiger partial charge in [0.1, 0.15) is 6.54 Å². The molecular weight excluding hydrogens is 346 g/mol. The molecule has 0 saturated heterocycles. The van der Waals surface area contributed by atoms with Crippen molar-refractivity contribution in [1.29, 1.82) is 0 Å². The highest BCUT2D eigenvalue weighted by atomic mass is 16.2. The van der Waals surface area contributed by atoms with Crippen LogP contribution >= 0.6 is 0 Å². The highest BCUT2D eigenvalue weighted by Crippen LogP contribution is 2.47. The van der Waals surface area contributed by atoms with Gasteiger partial charge in [-0.2, -0.15) is 0 Å². The van der Waals surface area contributed by atoms with Gasteiger partial charge in [0.15, 0.2) is 11.2 Å². The van der Waals surface area contributed by atoms with E-state index in [1.807, 2.05) is 18.2 Å². The molecule has 1 saturated carbocycles. The smallest absolute Gasteiger partial charge is 0.332 e. The summed E-state index contributed by atoms with van der Waals surface area (Å²) < 4.78 is 3.80. The molecule has 0 atom stereocenters. The molecule has 8 nitrogen and oxygen atoms in total. The molecule has 1 aromatic carbocycles. The van der Waals surface area contributed by atoms with Gasteiger partial charge in [-0.05, 0) is 18.4 Å². The Morgan fingerprint density at radius 3 is 2.56 bits per heavy atom. The van der Waals surface area contributed by atoms with Gasteiger partial charge in [0, 0.05) is 26.1 Å². The first kappa shape index (κ1) is 17.3. The number of rotatable bonds is 5. The molecule has 140 valence electrons. The number of hydrogen-bond donors (Lipinski definition) is 1. The Kier molecular flexibility index (Phi) is 3.98. The Labute approximate surface area is 155 Å². The minimum atomic E-state index is -0.550. The molecule has 1 fully saturated rings. The second-order valence-corrected chi connectivity index (χ2v) is 7.18. The number of benzene rings is 1. The van der Waals surface area contributed by atoms with Crippen LogP contribution in [0.5, 0.6) is 0 Å². The Morgan fingerprint density at radius 1 is 1.19 bits per heavy atom. The van der Waals surface area contributed by atoms with Gasteiger partial charge < -0.3 is 9.88 Å². The Balaban J connectivity index is 1.55. The average molecular weight is 367 g/mol. The number of aromatic nitrogens is 4. The van der Waals surface area contributed by atoms with E-state index in [1.165, 1.54) is 16.5 Å². The van der Waals surface area contributed by atoms with Gasteiger partial charge in [0.05, 0.1) is 6.33 Å². The molecule has 2 aromatic heterocycles. The van der Waals surface area contributed by atoms with Crippen LogP contribution < -0.4 is 16.6 Å². The van der Waals surface area contributed by atoms with Gasteiger partial charge in [-0.1, -0.05) is 30.3 Å². The lowest BCUT2D eigenvalue weighted by Gasteiger charge is -2.17. The maximum atomic E-state index is 12.7. The van der Waals surface area contributed by atoms with Crippen LogP contribution in [0.4, 0.5) is 0 Å². The lowest BCUT2D eigenvalue weighted by molar-refractivity contribution is -0.121. The minimum Gasteiger partial charge on any atom is -0.354 e. The molecule has 1 amide bonds. The Morgan fingerprint density at radius 2 is 1.89 bits per heavy atom. The molecule has 0 spiro atoms. The van der Waals surface area contributed by atoms with Crippen LogP contribution in [0, 0.1) is 0 Å². The summed E-state index contributed by atoms with van der Waals surface area (Å²) in [5.41, 5.74) is 0.726. The zero-order valence-electron chi connectivity index (χ0n) is 15.3. The highest BCUT2D eigenvalue weighted by Gasteiger charge is 2.44. The zero-order chi connectivity index (χ0) is 19.2. The zero-order valence-corrected chi connectivity index (χ0v) is 15.3. The monoisotopic (exact) mass is 367 g/mol. The molecular formula is C19H21N5O3. The van der Waals surface area contributed by atoms with E-state index in [0.717, 1.165) is 17.4 Å². The summed E-state index contributed by atoms with van der Waals surface area (Å²) in [7, 11) is 3.22. The fourth-order valence-electron chi connectivity index (χ4n) is 3.51. The number of carbonyl (C=O) groups excluding carboxylic acids is 1.